The van der Waals surface area contributed by atoms with Crippen LogP contribution in [0.15, 0.2) is 30.5 Å². The van der Waals surface area contributed by atoms with E-state index < -0.39 is 9.84 Å². The number of anilines is 1. The number of rotatable bonds is 3. The third kappa shape index (κ3) is 2.85. The van der Waals surface area contributed by atoms with Crippen molar-refractivity contribution >= 4 is 38.0 Å². The zero-order chi connectivity index (χ0) is 15.0. The van der Waals surface area contributed by atoms with E-state index in [1.165, 1.54) is 6.26 Å². The van der Waals surface area contributed by atoms with Crippen molar-refractivity contribution in [3.63, 3.8) is 0 Å². The number of fused-ring (bicyclic) bond motifs is 1. The number of nitrogens with one attached hydrogen (secondary N) is 1. The molecular formula is C15H17ClN2O2S. The number of nitrogens with zero attached hydrogens (tertiary/aromatic N) is 1. The average Bonchev–Trinajstić information content (AvgIpc) is 2.91. The maximum absolute atomic E-state index is 11.9. The molecule has 1 aromatic heterocycles. The number of sulfone groups is 1. The van der Waals surface area contributed by atoms with Gasteiger partial charge in [-0.25, -0.2) is 8.42 Å². The van der Waals surface area contributed by atoms with E-state index in [-0.39, 0.29) is 11.3 Å². The first-order valence-electron chi connectivity index (χ1n) is 6.95. The van der Waals surface area contributed by atoms with Gasteiger partial charge in [0, 0.05) is 23.9 Å². The van der Waals surface area contributed by atoms with Gasteiger partial charge in [0.1, 0.15) is 0 Å². The van der Waals surface area contributed by atoms with Gasteiger partial charge in [-0.2, -0.15) is 0 Å². The van der Waals surface area contributed by atoms with Crippen LogP contribution in [0.1, 0.15) is 19.3 Å². The second-order valence-electron chi connectivity index (χ2n) is 5.54. The summed E-state index contributed by atoms with van der Waals surface area (Å²) in [6.45, 7) is 0. The van der Waals surface area contributed by atoms with Crippen LogP contribution in [-0.4, -0.2) is 30.9 Å². The summed E-state index contributed by atoms with van der Waals surface area (Å²) in [5, 5.41) is 4.56. The third-order valence-corrected chi connectivity index (χ3v) is 6.05. The first kappa shape index (κ1) is 14.6. The largest absolute Gasteiger partial charge is 0.379 e. The second-order valence-corrected chi connectivity index (χ2v) is 8.22. The van der Waals surface area contributed by atoms with E-state index in [1.807, 2.05) is 24.3 Å². The summed E-state index contributed by atoms with van der Waals surface area (Å²) in [6.07, 6.45) is 5.53. The Labute approximate surface area is 129 Å². The van der Waals surface area contributed by atoms with E-state index in [9.17, 15) is 8.42 Å². The number of halogens is 1. The first-order valence-corrected chi connectivity index (χ1v) is 9.29. The Balaban J connectivity index is 1.97. The molecule has 2 aromatic rings. The van der Waals surface area contributed by atoms with Crippen LogP contribution in [0.2, 0.25) is 5.02 Å². The van der Waals surface area contributed by atoms with Crippen molar-refractivity contribution in [2.24, 2.45) is 0 Å². The van der Waals surface area contributed by atoms with Crippen molar-refractivity contribution in [2.75, 3.05) is 11.6 Å². The van der Waals surface area contributed by atoms with Crippen molar-refractivity contribution in [1.29, 1.82) is 0 Å². The summed E-state index contributed by atoms with van der Waals surface area (Å²) >= 11 is 6.18. The molecule has 21 heavy (non-hydrogen) atoms. The van der Waals surface area contributed by atoms with Crippen LogP contribution in [-0.2, 0) is 9.84 Å². The lowest BCUT2D eigenvalue weighted by Gasteiger charge is -2.21. The predicted molar refractivity (Wildman–Crippen MR) is 86.6 cm³/mol. The maximum Gasteiger partial charge on any atom is 0.152 e. The average molecular weight is 325 g/mol. The van der Waals surface area contributed by atoms with E-state index in [2.05, 4.69) is 10.3 Å². The molecule has 3 rings (SSSR count). The minimum absolute atomic E-state index is 0.0635. The number of hydrogen-bond donors (Lipinski definition) is 1. The Morgan fingerprint density at radius 3 is 2.86 bits per heavy atom. The van der Waals surface area contributed by atoms with Gasteiger partial charge in [-0.05, 0) is 43.5 Å². The van der Waals surface area contributed by atoms with Crippen LogP contribution in [0.4, 0.5) is 5.69 Å². The topological polar surface area (TPSA) is 59.1 Å². The summed E-state index contributed by atoms with van der Waals surface area (Å²) < 4.78 is 23.8. The highest BCUT2D eigenvalue weighted by Gasteiger charge is 2.34. The van der Waals surface area contributed by atoms with Crippen molar-refractivity contribution < 1.29 is 8.42 Å². The Morgan fingerprint density at radius 1 is 1.29 bits per heavy atom. The fourth-order valence-electron chi connectivity index (χ4n) is 3.06. The highest BCUT2D eigenvalue weighted by Crippen LogP contribution is 2.32. The van der Waals surface area contributed by atoms with Crippen LogP contribution in [0.25, 0.3) is 10.9 Å². The van der Waals surface area contributed by atoms with Gasteiger partial charge in [0.2, 0.25) is 0 Å². The van der Waals surface area contributed by atoms with Gasteiger partial charge in [-0.3, -0.25) is 4.98 Å². The molecule has 0 amide bonds. The highest BCUT2D eigenvalue weighted by molar-refractivity contribution is 7.91. The van der Waals surface area contributed by atoms with Gasteiger partial charge >= 0.3 is 0 Å². The molecule has 6 heteroatoms. The van der Waals surface area contributed by atoms with Crippen LogP contribution in [0.5, 0.6) is 0 Å². The number of benzene rings is 1. The quantitative estimate of drug-likeness (QED) is 0.941. The fourth-order valence-corrected chi connectivity index (χ4v) is 4.67. The number of pyridine rings is 1. The normalized spacial score (nSPS) is 22.6. The van der Waals surface area contributed by atoms with E-state index in [0.717, 1.165) is 35.9 Å². The van der Waals surface area contributed by atoms with Crippen molar-refractivity contribution in [3.8, 4) is 0 Å². The van der Waals surface area contributed by atoms with Crippen molar-refractivity contribution in [1.82, 2.24) is 4.98 Å². The molecule has 2 atom stereocenters. The van der Waals surface area contributed by atoms with E-state index in [4.69, 9.17) is 11.6 Å². The van der Waals surface area contributed by atoms with Gasteiger partial charge in [0.05, 0.1) is 21.5 Å². The lowest BCUT2D eigenvalue weighted by atomic mass is 10.1. The van der Waals surface area contributed by atoms with Crippen LogP contribution < -0.4 is 5.32 Å². The van der Waals surface area contributed by atoms with Crippen molar-refractivity contribution in [2.45, 2.75) is 30.6 Å². The van der Waals surface area contributed by atoms with E-state index in [1.54, 1.807) is 6.20 Å². The van der Waals surface area contributed by atoms with Gasteiger partial charge in [-0.15, -0.1) is 0 Å². The molecule has 1 aliphatic carbocycles. The summed E-state index contributed by atoms with van der Waals surface area (Å²) in [6, 6.07) is 7.38. The third-order valence-electron chi connectivity index (χ3n) is 4.06. The van der Waals surface area contributed by atoms with Crippen LogP contribution in [0, 0.1) is 0 Å². The van der Waals surface area contributed by atoms with Gasteiger partial charge in [0.15, 0.2) is 9.84 Å². The standard InChI is InChI=1S/C15H17ClN2O2S/c1-21(19,20)14-6-2-5-12(14)18-13-8-7-11(16)10-4-3-9-17-15(10)13/h3-4,7-9,12,14,18H,2,5-6H2,1H3. The molecule has 0 saturated heterocycles. The summed E-state index contributed by atoms with van der Waals surface area (Å²) in [4.78, 5) is 4.37. The molecule has 0 aliphatic heterocycles. The monoisotopic (exact) mass is 324 g/mol. The smallest absolute Gasteiger partial charge is 0.152 e. The second kappa shape index (κ2) is 5.46. The predicted octanol–water partition coefficient (Wildman–Crippen LogP) is 3.27. The zero-order valence-corrected chi connectivity index (χ0v) is 13.3. The Kier molecular flexibility index (Phi) is 3.80. The van der Waals surface area contributed by atoms with Crippen molar-refractivity contribution in [3.05, 3.63) is 35.5 Å². The van der Waals surface area contributed by atoms with E-state index in [0.29, 0.717) is 5.02 Å². The molecule has 1 aliphatic rings. The lowest BCUT2D eigenvalue weighted by Crippen LogP contribution is -2.34. The Hall–Kier alpha value is -1.33. The molecule has 0 radical (unpaired) electrons. The number of aromatic nitrogens is 1. The van der Waals surface area contributed by atoms with E-state index >= 15 is 0 Å². The SMILES string of the molecule is CS(=O)(=O)C1CCCC1Nc1ccc(Cl)c2cccnc12. The summed E-state index contributed by atoms with van der Waals surface area (Å²) in [7, 11) is -3.04. The molecule has 1 aromatic carbocycles. The Bertz CT molecular complexity index is 776. The minimum Gasteiger partial charge on any atom is -0.379 e. The zero-order valence-electron chi connectivity index (χ0n) is 11.7. The fraction of sp³-hybridized carbons (Fsp3) is 0.400. The molecule has 0 bridgehead atoms. The maximum atomic E-state index is 11.9. The molecule has 112 valence electrons. The molecule has 1 N–H and O–H groups in total. The first-order chi connectivity index (χ1) is 9.97. The number of hydrogen-bond acceptors (Lipinski definition) is 4. The molecule has 1 fully saturated rings. The van der Waals surface area contributed by atoms with Gasteiger partial charge in [-0.1, -0.05) is 11.6 Å². The Morgan fingerprint density at radius 2 is 2.10 bits per heavy atom. The summed E-state index contributed by atoms with van der Waals surface area (Å²) in [5.74, 6) is 0. The summed E-state index contributed by atoms with van der Waals surface area (Å²) in [5.41, 5.74) is 1.62. The molecule has 2 unspecified atom stereocenters. The molecule has 1 heterocycles. The molecule has 0 spiro atoms. The highest BCUT2D eigenvalue weighted by atomic mass is 35.5. The van der Waals surface area contributed by atoms with Gasteiger partial charge in [0.25, 0.3) is 0 Å². The molecule has 4 nitrogen and oxygen atoms in total. The van der Waals surface area contributed by atoms with Crippen LogP contribution >= 0.6 is 11.6 Å². The lowest BCUT2D eigenvalue weighted by molar-refractivity contribution is 0.579. The minimum atomic E-state index is -3.04. The molecular weight excluding hydrogens is 308 g/mol. The van der Waals surface area contributed by atoms with Crippen LogP contribution in [0.3, 0.4) is 0 Å². The van der Waals surface area contributed by atoms with Gasteiger partial charge < -0.3 is 5.32 Å². The molecule has 1 saturated carbocycles.